The number of methoxy groups -OCH3 is 1. The fourth-order valence-corrected chi connectivity index (χ4v) is 5.04. The van der Waals surface area contributed by atoms with Crippen LogP contribution in [0.25, 0.3) is 0 Å². The molecule has 0 radical (unpaired) electrons. The molecule has 1 aliphatic rings. The molecule has 0 spiro atoms. The first-order valence-electron chi connectivity index (χ1n) is 12.2. The van der Waals surface area contributed by atoms with Crippen LogP contribution in [0.4, 0.5) is 0 Å². The first kappa shape index (κ1) is 24.1. The number of carbonyl (C=O) groups excluding carboxylic acids is 1. The Kier molecular flexibility index (Phi) is 7.73. The van der Waals surface area contributed by atoms with E-state index in [1.165, 1.54) is 5.56 Å². The largest absolute Gasteiger partial charge is 0.497 e. The number of aryl methyl sites for hydroxylation is 1. The molecule has 2 aromatic carbocycles. The minimum atomic E-state index is 0.110. The SMILES string of the molecule is COc1cccc(C2CN(Cc3ccc(C)o3)CC2CN(CC(C)C)C(=O)c2ccccc2)c1. The van der Waals surface area contributed by atoms with Crippen molar-refractivity contribution in [2.75, 3.05) is 33.3 Å². The molecule has 34 heavy (non-hydrogen) atoms. The first-order valence-corrected chi connectivity index (χ1v) is 12.2. The Morgan fingerprint density at radius 1 is 1.09 bits per heavy atom. The molecule has 4 rings (SSSR count). The highest BCUT2D eigenvalue weighted by Crippen LogP contribution is 2.36. The Morgan fingerprint density at radius 3 is 2.56 bits per heavy atom. The molecule has 2 heterocycles. The third-order valence-corrected chi connectivity index (χ3v) is 6.56. The molecule has 1 aliphatic heterocycles. The van der Waals surface area contributed by atoms with Crippen molar-refractivity contribution in [2.24, 2.45) is 11.8 Å². The van der Waals surface area contributed by atoms with E-state index in [-0.39, 0.29) is 5.91 Å². The smallest absolute Gasteiger partial charge is 0.253 e. The second-order valence-electron chi connectivity index (χ2n) is 9.82. The lowest BCUT2D eigenvalue weighted by molar-refractivity contribution is 0.0703. The van der Waals surface area contributed by atoms with E-state index in [1.54, 1.807) is 7.11 Å². The summed E-state index contributed by atoms with van der Waals surface area (Å²) in [6.45, 7) is 10.4. The molecule has 1 amide bonds. The zero-order valence-corrected chi connectivity index (χ0v) is 20.7. The Hall–Kier alpha value is -3.05. The standard InChI is InChI=1S/C29H36N2O3/c1-21(2)16-31(29(32)23-9-6-5-7-10-23)18-25-17-30(19-27-14-13-22(3)34-27)20-28(25)24-11-8-12-26(15-24)33-4/h5-15,21,25,28H,16-20H2,1-4H3. The van der Waals surface area contributed by atoms with E-state index < -0.39 is 0 Å². The number of ether oxygens (including phenoxy) is 1. The molecule has 5 nitrogen and oxygen atoms in total. The third-order valence-electron chi connectivity index (χ3n) is 6.56. The van der Waals surface area contributed by atoms with Gasteiger partial charge in [0, 0.05) is 37.7 Å². The van der Waals surface area contributed by atoms with Gasteiger partial charge in [-0.25, -0.2) is 0 Å². The molecule has 0 bridgehead atoms. The molecule has 2 atom stereocenters. The van der Waals surface area contributed by atoms with Crippen LogP contribution in [0.2, 0.25) is 0 Å². The number of likely N-dealkylation sites (tertiary alicyclic amines) is 1. The van der Waals surface area contributed by atoms with Crippen molar-refractivity contribution in [3.63, 3.8) is 0 Å². The van der Waals surface area contributed by atoms with Crippen molar-refractivity contribution in [1.82, 2.24) is 9.80 Å². The average molecular weight is 461 g/mol. The van der Waals surface area contributed by atoms with Gasteiger partial charge in [0.15, 0.2) is 0 Å². The summed E-state index contributed by atoms with van der Waals surface area (Å²) in [4.78, 5) is 18.0. The van der Waals surface area contributed by atoms with Gasteiger partial charge in [-0.2, -0.15) is 0 Å². The van der Waals surface area contributed by atoms with Gasteiger partial charge in [0.05, 0.1) is 13.7 Å². The van der Waals surface area contributed by atoms with Crippen LogP contribution in [0.1, 0.15) is 47.2 Å². The highest BCUT2D eigenvalue weighted by molar-refractivity contribution is 5.94. The van der Waals surface area contributed by atoms with E-state index >= 15 is 0 Å². The van der Waals surface area contributed by atoms with Crippen molar-refractivity contribution >= 4 is 5.91 Å². The lowest BCUT2D eigenvalue weighted by Gasteiger charge is -2.30. The Balaban J connectivity index is 1.59. The maximum absolute atomic E-state index is 13.5. The van der Waals surface area contributed by atoms with Crippen molar-refractivity contribution in [2.45, 2.75) is 33.2 Å². The zero-order chi connectivity index (χ0) is 24.1. The highest BCUT2D eigenvalue weighted by Gasteiger charge is 2.36. The van der Waals surface area contributed by atoms with E-state index in [2.05, 4.69) is 47.9 Å². The molecule has 0 aliphatic carbocycles. The van der Waals surface area contributed by atoms with Gasteiger partial charge in [-0.05, 0) is 60.7 Å². The van der Waals surface area contributed by atoms with E-state index in [9.17, 15) is 4.79 Å². The Labute approximate surface area is 203 Å². The second-order valence-corrected chi connectivity index (χ2v) is 9.82. The number of hydrogen-bond acceptors (Lipinski definition) is 4. The summed E-state index contributed by atoms with van der Waals surface area (Å²) in [7, 11) is 1.71. The summed E-state index contributed by atoms with van der Waals surface area (Å²) < 4.78 is 11.4. The van der Waals surface area contributed by atoms with E-state index in [1.807, 2.05) is 49.4 Å². The summed E-state index contributed by atoms with van der Waals surface area (Å²) in [5, 5.41) is 0. The first-order chi connectivity index (χ1) is 16.4. The molecule has 1 saturated heterocycles. The molecule has 5 heteroatoms. The van der Waals surface area contributed by atoms with Crippen molar-refractivity contribution in [3.05, 3.63) is 89.4 Å². The van der Waals surface area contributed by atoms with Crippen LogP contribution in [0.3, 0.4) is 0 Å². The fraction of sp³-hybridized carbons (Fsp3) is 0.414. The monoisotopic (exact) mass is 460 g/mol. The zero-order valence-electron chi connectivity index (χ0n) is 20.7. The molecule has 3 aromatic rings. The lowest BCUT2D eigenvalue weighted by Crippen LogP contribution is -2.39. The maximum atomic E-state index is 13.5. The number of hydrogen-bond donors (Lipinski definition) is 0. The molecule has 0 saturated carbocycles. The number of furan rings is 1. The van der Waals surface area contributed by atoms with Crippen LogP contribution in [0.5, 0.6) is 5.75 Å². The van der Waals surface area contributed by atoms with Gasteiger partial charge in [0.2, 0.25) is 0 Å². The van der Waals surface area contributed by atoms with Gasteiger partial charge in [-0.1, -0.05) is 44.2 Å². The molecular weight excluding hydrogens is 424 g/mol. The number of carbonyl (C=O) groups is 1. The van der Waals surface area contributed by atoms with Gasteiger partial charge < -0.3 is 14.1 Å². The number of benzene rings is 2. The maximum Gasteiger partial charge on any atom is 0.253 e. The Bertz CT molecular complexity index is 1080. The molecule has 1 aromatic heterocycles. The van der Waals surface area contributed by atoms with E-state index in [0.29, 0.717) is 17.8 Å². The average Bonchev–Trinajstić information content (AvgIpc) is 3.44. The predicted octanol–water partition coefficient (Wildman–Crippen LogP) is 5.61. The van der Waals surface area contributed by atoms with Crippen LogP contribution in [0.15, 0.2) is 71.1 Å². The lowest BCUT2D eigenvalue weighted by atomic mass is 9.88. The Morgan fingerprint density at radius 2 is 1.88 bits per heavy atom. The van der Waals surface area contributed by atoms with Crippen LogP contribution < -0.4 is 4.74 Å². The number of nitrogens with zero attached hydrogens (tertiary/aromatic N) is 2. The summed E-state index contributed by atoms with van der Waals surface area (Å²) in [5.74, 6) is 3.92. The molecule has 1 fully saturated rings. The minimum Gasteiger partial charge on any atom is -0.497 e. The quantitative estimate of drug-likeness (QED) is 0.416. The van der Waals surface area contributed by atoms with Crippen molar-refractivity contribution in [3.8, 4) is 5.75 Å². The summed E-state index contributed by atoms with van der Waals surface area (Å²) >= 11 is 0. The minimum absolute atomic E-state index is 0.110. The fourth-order valence-electron chi connectivity index (χ4n) is 5.04. The van der Waals surface area contributed by atoms with Crippen LogP contribution >= 0.6 is 0 Å². The molecule has 2 unspecified atom stereocenters. The van der Waals surface area contributed by atoms with Gasteiger partial charge in [-0.3, -0.25) is 9.69 Å². The summed E-state index contributed by atoms with van der Waals surface area (Å²) in [6, 6.07) is 22.1. The van der Waals surface area contributed by atoms with E-state index in [4.69, 9.17) is 9.15 Å². The molecular formula is C29H36N2O3. The van der Waals surface area contributed by atoms with Gasteiger partial charge in [-0.15, -0.1) is 0 Å². The van der Waals surface area contributed by atoms with Crippen molar-refractivity contribution < 1.29 is 13.9 Å². The second kappa shape index (κ2) is 10.9. The predicted molar refractivity (Wildman–Crippen MR) is 135 cm³/mol. The summed E-state index contributed by atoms with van der Waals surface area (Å²) in [5.41, 5.74) is 2.01. The third kappa shape index (κ3) is 5.89. The molecule has 180 valence electrons. The van der Waals surface area contributed by atoms with Crippen LogP contribution in [0, 0.1) is 18.8 Å². The van der Waals surface area contributed by atoms with Gasteiger partial charge >= 0.3 is 0 Å². The van der Waals surface area contributed by atoms with Gasteiger partial charge in [0.25, 0.3) is 5.91 Å². The van der Waals surface area contributed by atoms with E-state index in [0.717, 1.165) is 55.6 Å². The normalized spacial score (nSPS) is 18.4. The van der Waals surface area contributed by atoms with Crippen LogP contribution in [-0.2, 0) is 6.54 Å². The summed E-state index contributed by atoms with van der Waals surface area (Å²) in [6.07, 6.45) is 0. The van der Waals surface area contributed by atoms with Gasteiger partial charge in [0.1, 0.15) is 17.3 Å². The highest BCUT2D eigenvalue weighted by atomic mass is 16.5. The van der Waals surface area contributed by atoms with Crippen LogP contribution in [-0.4, -0.2) is 49.0 Å². The number of amides is 1. The van der Waals surface area contributed by atoms with Crippen molar-refractivity contribution in [1.29, 1.82) is 0 Å². The topological polar surface area (TPSA) is 45.9 Å². The molecule has 0 N–H and O–H groups in total. The number of rotatable bonds is 9.